The zero-order valence-electron chi connectivity index (χ0n) is 11.0. The summed E-state index contributed by atoms with van der Waals surface area (Å²) in [5.41, 5.74) is 0.698. The monoisotopic (exact) mass is 329 g/mol. The molecule has 0 aromatic heterocycles. The van der Waals surface area contributed by atoms with Gasteiger partial charge in [-0.3, -0.25) is 4.79 Å². The van der Waals surface area contributed by atoms with Crippen LogP contribution in [0.4, 0.5) is 0 Å². The van der Waals surface area contributed by atoms with Crippen LogP contribution in [0.2, 0.25) is 10.0 Å². The Bertz CT molecular complexity index is 568. The molecule has 0 saturated carbocycles. The van der Waals surface area contributed by atoms with Gasteiger partial charge in [-0.05, 0) is 29.8 Å². The topological polar surface area (TPSA) is 66.8 Å². The predicted octanol–water partition coefficient (Wildman–Crippen LogP) is 2.32. The van der Waals surface area contributed by atoms with E-state index in [1.807, 2.05) is 0 Å². The summed E-state index contributed by atoms with van der Waals surface area (Å²) >= 11 is 11.7. The van der Waals surface area contributed by atoms with Crippen molar-refractivity contribution in [3.8, 4) is 0 Å². The summed E-state index contributed by atoms with van der Waals surface area (Å²) in [4.78, 5) is 24.3. The van der Waals surface area contributed by atoms with E-state index in [1.54, 1.807) is 24.3 Å². The highest BCUT2D eigenvalue weighted by Gasteiger charge is 2.27. The van der Waals surface area contributed by atoms with Gasteiger partial charge < -0.3 is 14.7 Å². The molecule has 1 saturated heterocycles. The molecular weight excluding hydrogens is 317 g/mol. The second-order valence-electron chi connectivity index (χ2n) is 4.52. The number of aliphatic carboxylic acids is 1. The number of amides is 1. The lowest BCUT2D eigenvalue weighted by Crippen LogP contribution is -2.48. The summed E-state index contributed by atoms with van der Waals surface area (Å²) in [6, 6.07) is 4.95. The third-order valence-electron chi connectivity index (χ3n) is 2.96. The molecule has 1 fully saturated rings. The van der Waals surface area contributed by atoms with Crippen LogP contribution < -0.4 is 0 Å². The molecule has 1 amide bonds. The van der Waals surface area contributed by atoms with Crippen molar-refractivity contribution in [2.45, 2.75) is 6.10 Å². The van der Waals surface area contributed by atoms with Crippen molar-refractivity contribution in [1.29, 1.82) is 0 Å². The van der Waals surface area contributed by atoms with E-state index in [0.29, 0.717) is 22.2 Å². The quantitative estimate of drug-likeness (QED) is 0.864. The number of carbonyl (C=O) groups is 2. The number of ether oxygens (including phenoxy) is 1. The van der Waals surface area contributed by atoms with Crippen molar-refractivity contribution < 1.29 is 19.4 Å². The number of carboxylic acid groups (broad SMARTS) is 1. The first kappa shape index (κ1) is 15.8. The van der Waals surface area contributed by atoms with E-state index in [2.05, 4.69) is 0 Å². The van der Waals surface area contributed by atoms with E-state index in [9.17, 15) is 9.59 Å². The average Bonchev–Trinajstić information content (AvgIpc) is 2.44. The highest BCUT2D eigenvalue weighted by Crippen LogP contribution is 2.20. The molecule has 0 radical (unpaired) electrons. The maximum atomic E-state index is 12.0. The van der Waals surface area contributed by atoms with Crippen molar-refractivity contribution in [2.75, 3.05) is 19.7 Å². The maximum absolute atomic E-state index is 12.0. The van der Waals surface area contributed by atoms with Gasteiger partial charge in [-0.25, -0.2) is 4.79 Å². The van der Waals surface area contributed by atoms with Crippen LogP contribution >= 0.6 is 23.2 Å². The Hall–Kier alpha value is -1.56. The predicted molar refractivity (Wildman–Crippen MR) is 79.5 cm³/mol. The summed E-state index contributed by atoms with van der Waals surface area (Å²) in [5, 5.41) is 9.85. The highest BCUT2D eigenvalue weighted by molar-refractivity contribution is 6.34. The summed E-state index contributed by atoms with van der Waals surface area (Å²) in [5.74, 6) is -1.35. The van der Waals surface area contributed by atoms with E-state index < -0.39 is 12.1 Å². The number of rotatable bonds is 3. The van der Waals surface area contributed by atoms with Crippen molar-refractivity contribution in [1.82, 2.24) is 4.90 Å². The fraction of sp³-hybridized carbons (Fsp3) is 0.286. The third-order valence-corrected chi connectivity index (χ3v) is 3.39. The van der Waals surface area contributed by atoms with Gasteiger partial charge in [0.15, 0.2) is 6.10 Å². The van der Waals surface area contributed by atoms with Crippen molar-refractivity contribution in [3.63, 3.8) is 0 Å². The van der Waals surface area contributed by atoms with Gasteiger partial charge in [0.2, 0.25) is 5.91 Å². The van der Waals surface area contributed by atoms with E-state index in [-0.39, 0.29) is 19.1 Å². The third kappa shape index (κ3) is 4.46. The molecule has 1 unspecified atom stereocenters. The Balaban J connectivity index is 2.03. The Kier molecular flexibility index (Phi) is 5.22. The molecule has 5 nitrogen and oxygen atoms in total. The van der Waals surface area contributed by atoms with Crippen LogP contribution in [0.25, 0.3) is 6.08 Å². The van der Waals surface area contributed by atoms with Gasteiger partial charge in [0, 0.05) is 22.7 Å². The number of carbonyl (C=O) groups excluding carboxylic acids is 1. The van der Waals surface area contributed by atoms with Gasteiger partial charge in [0.05, 0.1) is 13.2 Å². The van der Waals surface area contributed by atoms with E-state index in [1.165, 1.54) is 11.0 Å². The molecule has 0 bridgehead atoms. The fourth-order valence-corrected chi connectivity index (χ4v) is 2.49. The van der Waals surface area contributed by atoms with E-state index in [4.69, 9.17) is 33.0 Å². The van der Waals surface area contributed by atoms with Crippen LogP contribution in [0.3, 0.4) is 0 Å². The lowest BCUT2D eigenvalue weighted by molar-refractivity contribution is -0.158. The summed E-state index contributed by atoms with van der Waals surface area (Å²) < 4.78 is 5.06. The standard InChI is InChI=1S/C14H13Cl2NO4/c15-10-5-9(6-11(16)7-10)1-2-13(18)17-3-4-21-12(8-17)14(19)20/h1-2,5-7,12H,3-4,8H2,(H,19,20). The largest absolute Gasteiger partial charge is 0.479 e. The van der Waals surface area contributed by atoms with Gasteiger partial charge in [-0.1, -0.05) is 23.2 Å². The van der Waals surface area contributed by atoms with Crippen molar-refractivity contribution in [3.05, 3.63) is 39.9 Å². The van der Waals surface area contributed by atoms with Crippen LogP contribution in [0.5, 0.6) is 0 Å². The minimum atomic E-state index is -1.07. The molecule has 1 aliphatic rings. The first-order valence-corrected chi connectivity index (χ1v) is 6.99. The van der Waals surface area contributed by atoms with E-state index in [0.717, 1.165) is 0 Å². The Morgan fingerprint density at radius 2 is 1.95 bits per heavy atom. The number of benzene rings is 1. The van der Waals surface area contributed by atoms with Crippen LogP contribution in [0.15, 0.2) is 24.3 Å². The Morgan fingerprint density at radius 1 is 1.29 bits per heavy atom. The first-order valence-electron chi connectivity index (χ1n) is 6.23. The van der Waals surface area contributed by atoms with Gasteiger partial charge in [0.1, 0.15) is 0 Å². The minimum absolute atomic E-state index is 0.0365. The number of morpholine rings is 1. The minimum Gasteiger partial charge on any atom is -0.479 e. The van der Waals surface area contributed by atoms with Crippen molar-refractivity contribution >= 4 is 41.2 Å². The van der Waals surface area contributed by atoms with Gasteiger partial charge in [-0.2, -0.15) is 0 Å². The second-order valence-corrected chi connectivity index (χ2v) is 5.39. The molecule has 0 aliphatic carbocycles. The lowest BCUT2D eigenvalue weighted by atomic mass is 10.2. The number of hydrogen-bond donors (Lipinski definition) is 1. The van der Waals surface area contributed by atoms with Crippen LogP contribution in [0, 0.1) is 0 Å². The molecule has 1 aliphatic heterocycles. The van der Waals surface area contributed by atoms with Gasteiger partial charge in [0.25, 0.3) is 0 Å². The molecule has 1 atom stereocenters. The Morgan fingerprint density at radius 3 is 2.57 bits per heavy atom. The maximum Gasteiger partial charge on any atom is 0.334 e. The Labute approximate surface area is 131 Å². The van der Waals surface area contributed by atoms with E-state index >= 15 is 0 Å². The zero-order valence-corrected chi connectivity index (χ0v) is 12.5. The van der Waals surface area contributed by atoms with Crippen LogP contribution in [-0.2, 0) is 14.3 Å². The number of nitrogens with zero attached hydrogens (tertiary/aromatic N) is 1. The molecule has 1 aromatic carbocycles. The number of carboxylic acids is 1. The second kappa shape index (κ2) is 6.93. The fourth-order valence-electron chi connectivity index (χ4n) is 1.94. The lowest BCUT2D eigenvalue weighted by Gasteiger charge is -2.30. The van der Waals surface area contributed by atoms with Crippen LogP contribution in [-0.4, -0.2) is 47.7 Å². The first-order chi connectivity index (χ1) is 9.95. The van der Waals surface area contributed by atoms with Gasteiger partial charge >= 0.3 is 5.97 Å². The van der Waals surface area contributed by atoms with Crippen LogP contribution in [0.1, 0.15) is 5.56 Å². The highest BCUT2D eigenvalue weighted by atomic mass is 35.5. The van der Waals surface area contributed by atoms with Crippen molar-refractivity contribution in [2.24, 2.45) is 0 Å². The zero-order chi connectivity index (χ0) is 15.4. The number of hydrogen-bond acceptors (Lipinski definition) is 3. The molecule has 1 aromatic rings. The summed E-state index contributed by atoms with van der Waals surface area (Å²) in [6.45, 7) is 0.609. The van der Waals surface area contributed by atoms with Gasteiger partial charge in [-0.15, -0.1) is 0 Å². The average molecular weight is 330 g/mol. The molecule has 112 valence electrons. The normalized spacial score (nSPS) is 19.0. The molecule has 7 heteroatoms. The summed E-state index contributed by atoms with van der Waals surface area (Å²) in [7, 11) is 0. The number of halogens is 2. The SMILES string of the molecule is O=C(O)C1CN(C(=O)C=Cc2cc(Cl)cc(Cl)c2)CCO1. The molecule has 0 spiro atoms. The molecule has 1 N–H and O–H groups in total. The molecule has 1 heterocycles. The molecule has 21 heavy (non-hydrogen) atoms. The summed E-state index contributed by atoms with van der Waals surface area (Å²) in [6.07, 6.45) is 1.98. The molecule has 2 rings (SSSR count). The molecular formula is C14H13Cl2NO4. The smallest absolute Gasteiger partial charge is 0.334 e.